The Hall–Kier alpha value is -1.62. The summed E-state index contributed by atoms with van der Waals surface area (Å²) in [6.07, 6.45) is 0. The van der Waals surface area contributed by atoms with Gasteiger partial charge in [-0.15, -0.1) is 0 Å². The first-order valence-corrected chi connectivity index (χ1v) is 6.82. The van der Waals surface area contributed by atoms with Gasteiger partial charge in [-0.25, -0.2) is 0 Å². The molecule has 104 valence electrons. The van der Waals surface area contributed by atoms with E-state index in [1.165, 1.54) is 0 Å². The van der Waals surface area contributed by atoms with Crippen molar-refractivity contribution in [3.8, 4) is 0 Å². The smallest absolute Gasteiger partial charge is 0.241 e. The van der Waals surface area contributed by atoms with Gasteiger partial charge < -0.3 is 16.0 Å². The summed E-state index contributed by atoms with van der Waals surface area (Å²) < 4.78 is 0. The van der Waals surface area contributed by atoms with Crippen molar-refractivity contribution < 1.29 is 4.79 Å². The highest BCUT2D eigenvalue weighted by Crippen LogP contribution is 2.15. The molecular weight excluding hydrogens is 258 g/mol. The first-order valence-electron chi connectivity index (χ1n) is 6.41. The van der Waals surface area contributed by atoms with E-state index in [1.54, 1.807) is 4.90 Å². The van der Waals surface area contributed by atoms with Gasteiger partial charge in [0.1, 0.15) is 4.99 Å². The zero-order valence-corrected chi connectivity index (χ0v) is 12.5. The Balaban J connectivity index is 2.66. The van der Waals surface area contributed by atoms with E-state index < -0.39 is 0 Å². The lowest BCUT2D eigenvalue weighted by Crippen LogP contribution is -2.35. The second-order valence-electron chi connectivity index (χ2n) is 4.31. The van der Waals surface area contributed by atoms with Crippen molar-refractivity contribution in [2.24, 2.45) is 5.73 Å². The molecule has 0 bridgehead atoms. The van der Waals surface area contributed by atoms with Crippen LogP contribution in [0.15, 0.2) is 18.2 Å². The van der Waals surface area contributed by atoms with E-state index >= 15 is 0 Å². The number of benzene rings is 1. The Kier molecular flexibility index (Phi) is 5.76. The van der Waals surface area contributed by atoms with Crippen LogP contribution in [0.25, 0.3) is 0 Å². The van der Waals surface area contributed by atoms with Gasteiger partial charge in [-0.05, 0) is 44.5 Å². The molecule has 0 unspecified atom stereocenters. The molecule has 1 aromatic rings. The van der Waals surface area contributed by atoms with Crippen molar-refractivity contribution in [3.63, 3.8) is 0 Å². The Morgan fingerprint density at radius 2 is 2.00 bits per heavy atom. The minimum absolute atomic E-state index is 0.0982. The number of aryl methyl sites for hydroxylation is 1. The summed E-state index contributed by atoms with van der Waals surface area (Å²) in [5, 5.41) is 3.13. The van der Waals surface area contributed by atoms with Gasteiger partial charge in [0, 0.05) is 24.3 Å². The van der Waals surface area contributed by atoms with Gasteiger partial charge in [0.2, 0.25) is 5.91 Å². The molecule has 0 radical (unpaired) electrons. The molecule has 0 aromatic heterocycles. The summed E-state index contributed by atoms with van der Waals surface area (Å²) in [6.45, 7) is 7.66. The third kappa shape index (κ3) is 4.21. The van der Waals surface area contributed by atoms with Crippen LogP contribution in [0.3, 0.4) is 0 Å². The number of anilines is 1. The van der Waals surface area contributed by atoms with Gasteiger partial charge in [-0.2, -0.15) is 0 Å². The molecule has 0 heterocycles. The number of carbonyl (C=O) groups excluding carboxylic acids is 1. The number of amides is 1. The van der Waals surface area contributed by atoms with Crippen molar-refractivity contribution in [1.29, 1.82) is 0 Å². The number of likely N-dealkylation sites (N-methyl/N-ethyl adjacent to an activating group) is 1. The lowest BCUT2D eigenvalue weighted by atomic mass is 10.1. The van der Waals surface area contributed by atoms with E-state index in [9.17, 15) is 4.79 Å². The minimum atomic E-state index is 0.0982. The van der Waals surface area contributed by atoms with Gasteiger partial charge >= 0.3 is 0 Å². The van der Waals surface area contributed by atoms with E-state index in [1.807, 2.05) is 39.0 Å². The van der Waals surface area contributed by atoms with Crippen LogP contribution in [-0.4, -0.2) is 35.4 Å². The number of hydrogen-bond acceptors (Lipinski definition) is 3. The summed E-state index contributed by atoms with van der Waals surface area (Å²) in [4.78, 5) is 14.0. The van der Waals surface area contributed by atoms with Crippen LogP contribution in [0.4, 0.5) is 5.69 Å². The maximum Gasteiger partial charge on any atom is 0.241 e. The highest BCUT2D eigenvalue weighted by Gasteiger charge is 2.09. The Labute approximate surface area is 120 Å². The molecule has 3 N–H and O–H groups in total. The quantitative estimate of drug-likeness (QED) is 0.781. The van der Waals surface area contributed by atoms with E-state index in [0.717, 1.165) is 29.9 Å². The first kappa shape index (κ1) is 15.4. The van der Waals surface area contributed by atoms with Crippen molar-refractivity contribution in [1.82, 2.24) is 4.90 Å². The van der Waals surface area contributed by atoms with Crippen molar-refractivity contribution >= 4 is 28.8 Å². The summed E-state index contributed by atoms with van der Waals surface area (Å²) in [7, 11) is 0. The molecule has 0 aliphatic carbocycles. The molecular formula is C14H21N3OS. The average molecular weight is 279 g/mol. The average Bonchev–Trinajstić information content (AvgIpc) is 2.37. The van der Waals surface area contributed by atoms with E-state index in [2.05, 4.69) is 5.32 Å². The molecule has 1 aromatic carbocycles. The van der Waals surface area contributed by atoms with Crippen LogP contribution in [0.2, 0.25) is 0 Å². The van der Waals surface area contributed by atoms with Crippen LogP contribution in [0, 0.1) is 6.92 Å². The standard InChI is InChI=1S/C14H21N3OS/c1-4-17(5-2)13(18)9-16-11-6-7-12(14(15)19)10(3)8-11/h6-8,16H,4-5,9H2,1-3H3,(H2,15,19). The second kappa shape index (κ2) is 7.09. The maximum absolute atomic E-state index is 11.9. The number of nitrogens with two attached hydrogens (primary N) is 1. The fourth-order valence-electron chi connectivity index (χ4n) is 1.92. The fourth-order valence-corrected chi connectivity index (χ4v) is 2.14. The Morgan fingerprint density at radius 1 is 1.37 bits per heavy atom. The highest BCUT2D eigenvalue weighted by atomic mass is 32.1. The summed E-state index contributed by atoms with van der Waals surface area (Å²) >= 11 is 4.96. The van der Waals surface area contributed by atoms with Gasteiger partial charge in [0.15, 0.2) is 0 Å². The number of carbonyl (C=O) groups is 1. The zero-order chi connectivity index (χ0) is 14.4. The fraction of sp³-hybridized carbons (Fsp3) is 0.429. The summed E-state index contributed by atoms with van der Waals surface area (Å²) in [6, 6.07) is 5.71. The second-order valence-corrected chi connectivity index (χ2v) is 4.75. The summed E-state index contributed by atoms with van der Waals surface area (Å²) in [5.74, 6) is 0.0982. The molecule has 5 heteroatoms. The molecule has 19 heavy (non-hydrogen) atoms. The molecule has 0 fully saturated rings. The molecule has 0 aliphatic heterocycles. The highest BCUT2D eigenvalue weighted by molar-refractivity contribution is 7.80. The molecule has 1 amide bonds. The van der Waals surface area contributed by atoms with Crippen LogP contribution >= 0.6 is 12.2 Å². The van der Waals surface area contributed by atoms with Crippen LogP contribution < -0.4 is 11.1 Å². The third-order valence-electron chi connectivity index (χ3n) is 3.05. The van der Waals surface area contributed by atoms with E-state index in [-0.39, 0.29) is 5.91 Å². The van der Waals surface area contributed by atoms with E-state index in [0.29, 0.717) is 11.5 Å². The Morgan fingerprint density at radius 3 is 2.47 bits per heavy atom. The first-order chi connectivity index (χ1) is 8.99. The van der Waals surface area contributed by atoms with Gasteiger partial charge in [-0.1, -0.05) is 12.2 Å². The molecule has 4 nitrogen and oxygen atoms in total. The van der Waals surface area contributed by atoms with Gasteiger partial charge in [0.05, 0.1) is 6.54 Å². The van der Waals surface area contributed by atoms with Crippen molar-refractivity contribution in [2.45, 2.75) is 20.8 Å². The molecule has 1 rings (SSSR count). The summed E-state index contributed by atoms with van der Waals surface area (Å²) in [5.41, 5.74) is 8.39. The topological polar surface area (TPSA) is 58.4 Å². The number of thiocarbonyl (C=S) groups is 1. The van der Waals surface area contributed by atoms with Gasteiger partial charge in [0.25, 0.3) is 0 Å². The van der Waals surface area contributed by atoms with Crippen molar-refractivity contribution in [3.05, 3.63) is 29.3 Å². The number of hydrogen-bond donors (Lipinski definition) is 2. The number of nitrogens with zero attached hydrogens (tertiary/aromatic N) is 1. The minimum Gasteiger partial charge on any atom is -0.389 e. The zero-order valence-electron chi connectivity index (χ0n) is 11.7. The third-order valence-corrected chi connectivity index (χ3v) is 3.27. The van der Waals surface area contributed by atoms with Crippen LogP contribution in [0.1, 0.15) is 25.0 Å². The molecule has 0 saturated carbocycles. The number of rotatable bonds is 6. The van der Waals surface area contributed by atoms with Crippen molar-refractivity contribution in [2.75, 3.05) is 25.0 Å². The largest absolute Gasteiger partial charge is 0.389 e. The Bertz CT molecular complexity index is 470. The van der Waals surface area contributed by atoms with Gasteiger partial charge in [-0.3, -0.25) is 4.79 Å². The SMILES string of the molecule is CCN(CC)C(=O)CNc1ccc(C(N)=S)c(C)c1. The number of nitrogens with one attached hydrogen (secondary N) is 1. The molecule has 0 atom stereocenters. The maximum atomic E-state index is 11.9. The molecule has 0 spiro atoms. The van der Waals surface area contributed by atoms with Crippen LogP contribution in [0.5, 0.6) is 0 Å². The lowest BCUT2D eigenvalue weighted by molar-refractivity contribution is -0.128. The van der Waals surface area contributed by atoms with Crippen LogP contribution in [-0.2, 0) is 4.79 Å². The lowest BCUT2D eigenvalue weighted by Gasteiger charge is -2.19. The molecule has 0 saturated heterocycles. The predicted octanol–water partition coefficient (Wildman–Crippen LogP) is 1.91. The normalized spacial score (nSPS) is 10.1. The predicted molar refractivity (Wildman–Crippen MR) is 83.5 cm³/mol. The molecule has 0 aliphatic rings. The van der Waals surface area contributed by atoms with E-state index in [4.69, 9.17) is 18.0 Å². The monoisotopic (exact) mass is 279 g/mol.